The zero-order chi connectivity index (χ0) is 18.8. The lowest BCUT2D eigenvalue weighted by Gasteiger charge is -2.29. The molecule has 0 spiro atoms. The van der Waals surface area contributed by atoms with Crippen LogP contribution in [0.4, 0.5) is 17.3 Å². The molecule has 2 unspecified atom stereocenters. The third kappa shape index (κ3) is 3.85. The number of anilines is 3. The standard InChI is InChI=1S/C19H25N7O/c20-12-5-1-2-6-14(12)23-17-10-15(18(19(21)27)26-25-17)24-16-9-8-11-4-3-7-13(11)22-16/h8-10,12,14H,1-7,20H2,(H2,21,27)(H2,22,23,24,25). The van der Waals surface area contributed by atoms with Crippen molar-refractivity contribution >= 4 is 23.2 Å². The number of carbonyl (C=O) groups excluding carboxylic acids is 1. The summed E-state index contributed by atoms with van der Waals surface area (Å²) in [5.41, 5.74) is 14.7. The molecule has 0 aliphatic heterocycles. The van der Waals surface area contributed by atoms with Crippen molar-refractivity contribution in [3.8, 4) is 0 Å². The molecule has 0 aromatic carbocycles. The maximum Gasteiger partial charge on any atom is 0.271 e. The Morgan fingerprint density at radius 2 is 1.93 bits per heavy atom. The smallest absolute Gasteiger partial charge is 0.271 e. The number of aromatic nitrogens is 3. The van der Waals surface area contributed by atoms with Crippen LogP contribution in [0.2, 0.25) is 0 Å². The molecule has 2 aromatic rings. The Kier molecular flexibility index (Phi) is 4.89. The van der Waals surface area contributed by atoms with Gasteiger partial charge in [0, 0.05) is 23.8 Å². The van der Waals surface area contributed by atoms with Crippen molar-refractivity contribution in [1.82, 2.24) is 15.2 Å². The number of nitrogens with one attached hydrogen (secondary N) is 2. The van der Waals surface area contributed by atoms with E-state index in [2.05, 4.69) is 31.9 Å². The summed E-state index contributed by atoms with van der Waals surface area (Å²) < 4.78 is 0. The number of pyridine rings is 1. The second kappa shape index (κ2) is 7.48. The maximum absolute atomic E-state index is 11.8. The zero-order valence-electron chi connectivity index (χ0n) is 15.2. The number of aryl methyl sites for hydroxylation is 2. The Bertz CT molecular complexity index is 854. The molecule has 6 N–H and O–H groups in total. The summed E-state index contributed by atoms with van der Waals surface area (Å²) in [5.74, 6) is 0.615. The average Bonchev–Trinajstić information content (AvgIpc) is 3.11. The first kappa shape index (κ1) is 17.7. The van der Waals surface area contributed by atoms with Crippen LogP contribution in [0.5, 0.6) is 0 Å². The van der Waals surface area contributed by atoms with E-state index in [-0.39, 0.29) is 17.8 Å². The van der Waals surface area contributed by atoms with Crippen LogP contribution in [-0.2, 0) is 12.8 Å². The molecule has 2 aromatic heterocycles. The van der Waals surface area contributed by atoms with Crippen molar-refractivity contribution in [2.24, 2.45) is 11.5 Å². The first-order valence-electron chi connectivity index (χ1n) is 9.55. The summed E-state index contributed by atoms with van der Waals surface area (Å²) in [6.07, 6.45) is 7.47. The van der Waals surface area contributed by atoms with Crippen LogP contribution in [0, 0.1) is 0 Å². The van der Waals surface area contributed by atoms with Gasteiger partial charge in [-0.25, -0.2) is 4.98 Å². The fraction of sp³-hybridized carbons (Fsp3) is 0.474. The van der Waals surface area contributed by atoms with E-state index in [9.17, 15) is 4.79 Å². The Balaban J connectivity index is 1.58. The number of fused-ring (bicyclic) bond motifs is 1. The number of hydrogen-bond acceptors (Lipinski definition) is 7. The van der Waals surface area contributed by atoms with E-state index in [1.807, 2.05) is 6.07 Å². The largest absolute Gasteiger partial charge is 0.364 e. The summed E-state index contributed by atoms with van der Waals surface area (Å²) in [5, 5.41) is 14.7. The van der Waals surface area contributed by atoms with Crippen molar-refractivity contribution in [1.29, 1.82) is 0 Å². The molecule has 2 aliphatic carbocycles. The van der Waals surface area contributed by atoms with Gasteiger partial charge in [0.05, 0.1) is 5.69 Å². The molecule has 0 saturated heterocycles. The van der Waals surface area contributed by atoms with Crippen molar-refractivity contribution in [2.75, 3.05) is 10.6 Å². The highest BCUT2D eigenvalue weighted by Crippen LogP contribution is 2.26. The second-order valence-corrected chi connectivity index (χ2v) is 7.34. The van der Waals surface area contributed by atoms with Gasteiger partial charge < -0.3 is 22.1 Å². The zero-order valence-corrected chi connectivity index (χ0v) is 15.2. The monoisotopic (exact) mass is 367 g/mol. The van der Waals surface area contributed by atoms with Crippen LogP contribution in [0.3, 0.4) is 0 Å². The third-order valence-electron chi connectivity index (χ3n) is 5.37. The summed E-state index contributed by atoms with van der Waals surface area (Å²) in [6.45, 7) is 0. The van der Waals surface area contributed by atoms with Gasteiger partial charge >= 0.3 is 0 Å². The van der Waals surface area contributed by atoms with E-state index in [1.54, 1.807) is 6.07 Å². The number of hydrogen-bond donors (Lipinski definition) is 4. The van der Waals surface area contributed by atoms with Gasteiger partial charge in [0.2, 0.25) is 0 Å². The molecule has 27 heavy (non-hydrogen) atoms. The van der Waals surface area contributed by atoms with Crippen LogP contribution >= 0.6 is 0 Å². The molecular weight excluding hydrogens is 342 g/mol. The maximum atomic E-state index is 11.8. The SMILES string of the molecule is NC(=O)c1nnc(NC2CCCCC2N)cc1Nc1ccc2c(n1)CCC2. The van der Waals surface area contributed by atoms with Gasteiger partial charge in [0.15, 0.2) is 11.5 Å². The van der Waals surface area contributed by atoms with E-state index in [1.165, 1.54) is 5.56 Å². The molecule has 8 nitrogen and oxygen atoms in total. The minimum absolute atomic E-state index is 0.0890. The summed E-state index contributed by atoms with van der Waals surface area (Å²) in [6, 6.07) is 5.99. The van der Waals surface area contributed by atoms with Gasteiger partial charge in [0.1, 0.15) is 5.82 Å². The van der Waals surface area contributed by atoms with Gasteiger partial charge in [0.25, 0.3) is 5.91 Å². The van der Waals surface area contributed by atoms with E-state index in [0.717, 1.165) is 50.6 Å². The van der Waals surface area contributed by atoms with Gasteiger partial charge in [-0.2, -0.15) is 0 Å². The molecule has 8 heteroatoms. The Morgan fingerprint density at radius 3 is 2.74 bits per heavy atom. The predicted octanol–water partition coefficient (Wildman–Crippen LogP) is 1.88. The molecule has 0 bridgehead atoms. The number of nitrogens with two attached hydrogens (primary N) is 2. The third-order valence-corrected chi connectivity index (χ3v) is 5.37. The van der Waals surface area contributed by atoms with E-state index < -0.39 is 5.91 Å². The molecule has 1 saturated carbocycles. The molecule has 0 radical (unpaired) electrons. The van der Waals surface area contributed by atoms with Crippen LogP contribution < -0.4 is 22.1 Å². The van der Waals surface area contributed by atoms with Crippen molar-refractivity contribution < 1.29 is 4.79 Å². The van der Waals surface area contributed by atoms with Gasteiger partial charge in [-0.3, -0.25) is 4.79 Å². The molecule has 1 amide bonds. The fourth-order valence-electron chi connectivity index (χ4n) is 3.90. The number of primary amides is 1. The van der Waals surface area contributed by atoms with E-state index >= 15 is 0 Å². The van der Waals surface area contributed by atoms with E-state index in [0.29, 0.717) is 17.3 Å². The normalized spacial score (nSPS) is 21.5. The lowest BCUT2D eigenvalue weighted by atomic mass is 9.91. The molecule has 4 rings (SSSR count). The van der Waals surface area contributed by atoms with Crippen molar-refractivity contribution in [2.45, 2.75) is 57.0 Å². The first-order valence-corrected chi connectivity index (χ1v) is 9.55. The van der Waals surface area contributed by atoms with Crippen LogP contribution in [0.25, 0.3) is 0 Å². The minimum atomic E-state index is -0.632. The fourth-order valence-corrected chi connectivity index (χ4v) is 3.90. The summed E-state index contributed by atoms with van der Waals surface area (Å²) in [7, 11) is 0. The molecule has 2 heterocycles. The Hall–Kier alpha value is -2.74. The predicted molar refractivity (Wildman–Crippen MR) is 104 cm³/mol. The van der Waals surface area contributed by atoms with Crippen molar-refractivity contribution in [3.05, 3.63) is 35.2 Å². The molecular formula is C19H25N7O. The van der Waals surface area contributed by atoms with Crippen molar-refractivity contribution in [3.63, 3.8) is 0 Å². The van der Waals surface area contributed by atoms with Gasteiger partial charge in [-0.05, 0) is 43.7 Å². The lowest BCUT2D eigenvalue weighted by molar-refractivity contribution is 0.0995. The number of carbonyl (C=O) groups is 1. The molecule has 1 fully saturated rings. The summed E-state index contributed by atoms with van der Waals surface area (Å²) in [4.78, 5) is 16.4. The highest BCUT2D eigenvalue weighted by molar-refractivity contribution is 5.97. The van der Waals surface area contributed by atoms with Crippen LogP contribution in [0.15, 0.2) is 18.2 Å². The quantitative estimate of drug-likeness (QED) is 0.634. The van der Waals surface area contributed by atoms with Gasteiger partial charge in [-0.1, -0.05) is 18.9 Å². The number of nitrogens with zero attached hydrogens (tertiary/aromatic N) is 3. The van der Waals surface area contributed by atoms with Gasteiger partial charge in [-0.15, -0.1) is 10.2 Å². The number of amides is 1. The number of rotatable bonds is 5. The Labute approximate surface area is 158 Å². The molecule has 142 valence electrons. The second-order valence-electron chi connectivity index (χ2n) is 7.34. The summed E-state index contributed by atoms with van der Waals surface area (Å²) >= 11 is 0. The van der Waals surface area contributed by atoms with Crippen LogP contribution in [-0.4, -0.2) is 33.2 Å². The minimum Gasteiger partial charge on any atom is -0.364 e. The van der Waals surface area contributed by atoms with Crippen LogP contribution in [0.1, 0.15) is 53.8 Å². The van der Waals surface area contributed by atoms with E-state index in [4.69, 9.17) is 11.5 Å². The average molecular weight is 367 g/mol. The first-order chi connectivity index (χ1) is 13.1. The lowest BCUT2D eigenvalue weighted by Crippen LogP contribution is -2.42. The Morgan fingerprint density at radius 1 is 1.07 bits per heavy atom. The molecule has 2 aliphatic rings. The highest BCUT2D eigenvalue weighted by atomic mass is 16.1. The highest BCUT2D eigenvalue weighted by Gasteiger charge is 2.23. The topological polar surface area (TPSA) is 132 Å². The molecule has 2 atom stereocenters.